The summed E-state index contributed by atoms with van der Waals surface area (Å²) >= 11 is 0. The number of benzene rings is 2. The Morgan fingerprint density at radius 3 is 1.52 bits per heavy atom. The summed E-state index contributed by atoms with van der Waals surface area (Å²) in [6, 6.07) is 17.2. The van der Waals surface area contributed by atoms with Crippen LogP contribution >= 0.6 is 0 Å². The van der Waals surface area contributed by atoms with Crippen LogP contribution in [0.5, 0.6) is 0 Å². The molecular weight excluding hydrogens is 636 g/mol. The first-order valence-corrected chi connectivity index (χ1v) is 14.3. The van der Waals surface area contributed by atoms with Crippen molar-refractivity contribution in [1.82, 2.24) is 29.4 Å². The highest BCUT2D eigenvalue weighted by Crippen LogP contribution is 2.39. The van der Waals surface area contributed by atoms with Crippen molar-refractivity contribution in [3.05, 3.63) is 107 Å². The Labute approximate surface area is 274 Å². The van der Waals surface area contributed by atoms with E-state index in [1.165, 1.54) is 79.6 Å². The van der Waals surface area contributed by atoms with Gasteiger partial charge in [-0.25, -0.2) is 4.90 Å². The molecule has 2 aromatic carbocycles. The Morgan fingerprint density at radius 1 is 0.625 bits per heavy atom. The zero-order valence-corrected chi connectivity index (χ0v) is 26.7. The lowest BCUT2D eigenvalue weighted by molar-refractivity contribution is -0.527. The summed E-state index contributed by atoms with van der Waals surface area (Å²) in [5.74, 6) is -20.3. The third-order valence-electron chi connectivity index (χ3n) is 7.78. The van der Waals surface area contributed by atoms with Crippen molar-refractivity contribution >= 4 is 0 Å². The number of ether oxygens (including phenoxy) is 2. The molecule has 0 spiro atoms. The number of likely N-dealkylation sites (N-methyl/N-ethyl adjacent to an activating group) is 2. The van der Waals surface area contributed by atoms with Crippen molar-refractivity contribution in [1.29, 1.82) is 0 Å². The van der Waals surface area contributed by atoms with Crippen LogP contribution in [0.3, 0.4) is 0 Å². The zero-order chi connectivity index (χ0) is 35.9. The second kappa shape index (κ2) is 13.0. The zero-order valence-electron chi connectivity index (χ0n) is 26.7. The minimum atomic E-state index is -3.91. The average molecular weight is 677 g/mol. The molecule has 0 aliphatic rings. The second-order valence-electron chi connectivity index (χ2n) is 11.4. The van der Waals surface area contributed by atoms with Gasteiger partial charge in [-0.15, -0.1) is 0 Å². The molecule has 4 rings (SSSR count). The summed E-state index contributed by atoms with van der Waals surface area (Å²) in [5.41, 5.74) is -0.619. The van der Waals surface area contributed by atoms with E-state index in [-0.39, 0.29) is 28.2 Å². The molecule has 0 saturated heterocycles. The van der Waals surface area contributed by atoms with Crippen molar-refractivity contribution in [2.24, 2.45) is 14.1 Å². The molecule has 18 nitrogen and oxygen atoms in total. The van der Waals surface area contributed by atoms with E-state index in [9.17, 15) is 51.1 Å². The summed E-state index contributed by atoms with van der Waals surface area (Å²) in [4.78, 5) is 1.19. The van der Waals surface area contributed by atoms with Crippen LogP contribution < -0.4 is 0 Å². The lowest BCUT2D eigenvalue weighted by Crippen LogP contribution is -2.66. The predicted molar refractivity (Wildman–Crippen MR) is 161 cm³/mol. The summed E-state index contributed by atoms with van der Waals surface area (Å²) in [6.45, 7) is -0.613. The molecule has 48 heavy (non-hydrogen) atoms. The van der Waals surface area contributed by atoms with Crippen molar-refractivity contribution in [2.45, 2.75) is 41.9 Å². The predicted octanol–water partition coefficient (Wildman–Crippen LogP) is -3.18. The number of nitrogens with zero attached hydrogens (tertiary/aromatic N) is 6. The number of hydrogen-bond acceptors (Lipinski definition) is 16. The van der Waals surface area contributed by atoms with Gasteiger partial charge in [-0.05, 0) is 33.3 Å². The maximum absolute atomic E-state index is 11.8. The molecule has 0 bridgehead atoms. The molecule has 2 aromatic heterocycles. The fourth-order valence-electron chi connectivity index (χ4n) is 4.92. The molecule has 0 saturated carbocycles. The van der Waals surface area contributed by atoms with Crippen molar-refractivity contribution in [3.63, 3.8) is 0 Å². The van der Waals surface area contributed by atoms with Crippen LogP contribution in [0.1, 0.15) is 28.2 Å². The minimum absolute atomic E-state index is 0.0121. The molecule has 0 aliphatic heterocycles. The van der Waals surface area contributed by atoms with E-state index < -0.39 is 41.9 Å². The van der Waals surface area contributed by atoms with Crippen LogP contribution in [0.2, 0.25) is 0 Å². The van der Waals surface area contributed by atoms with Gasteiger partial charge in [0.05, 0.1) is 5.69 Å². The molecule has 0 amide bonds. The standard InChI is InChI=1S/C30H40N6O12/c1-33(2)27(39,40)29(43,44)48-26(38,21-14-10-7-11-15-21)24-18-22(32-36(24)5)19-34(3)28(41,42)30(45,46)47-25(37,20-12-8-6-9-13-20)23-16-17-31-35(23)4/h6-18,37-46H,19H2,1-5H3. The van der Waals surface area contributed by atoms with Gasteiger partial charge < -0.3 is 51.1 Å². The number of aromatic nitrogens is 4. The molecule has 2 atom stereocenters. The van der Waals surface area contributed by atoms with Crippen molar-refractivity contribution in [3.8, 4) is 0 Å². The Hall–Kier alpha value is -3.70. The summed E-state index contributed by atoms with van der Waals surface area (Å²) in [7, 11) is 6.00. The number of rotatable bonds is 14. The van der Waals surface area contributed by atoms with E-state index in [2.05, 4.69) is 10.2 Å². The third kappa shape index (κ3) is 6.63. The van der Waals surface area contributed by atoms with Gasteiger partial charge >= 0.3 is 23.8 Å². The third-order valence-corrected chi connectivity index (χ3v) is 7.78. The van der Waals surface area contributed by atoms with E-state index in [0.29, 0.717) is 9.80 Å². The van der Waals surface area contributed by atoms with E-state index in [1.807, 2.05) is 0 Å². The molecule has 0 radical (unpaired) electrons. The molecule has 18 heteroatoms. The Bertz CT molecular complexity index is 1680. The van der Waals surface area contributed by atoms with Crippen molar-refractivity contribution in [2.75, 3.05) is 21.1 Å². The van der Waals surface area contributed by atoms with Crippen LogP contribution in [0.15, 0.2) is 79.0 Å². The van der Waals surface area contributed by atoms with Crippen LogP contribution in [-0.2, 0) is 41.7 Å². The molecular formula is C30H40N6O12. The van der Waals surface area contributed by atoms with Gasteiger partial charge in [0.25, 0.3) is 0 Å². The van der Waals surface area contributed by atoms with Gasteiger partial charge in [0.2, 0.25) is 11.6 Å². The lowest BCUT2D eigenvalue weighted by atomic mass is 10.0. The highest BCUT2D eigenvalue weighted by molar-refractivity contribution is 5.32. The average Bonchev–Trinajstić information content (AvgIpc) is 3.62. The summed E-state index contributed by atoms with van der Waals surface area (Å²) in [5, 5.41) is 118. The maximum atomic E-state index is 11.8. The summed E-state index contributed by atoms with van der Waals surface area (Å²) in [6.07, 6.45) is 1.30. The van der Waals surface area contributed by atoms with E-state index in [4.69, 9.17) is 9.47 Å². The topological polar surface area (TPSA) is 263 Å². The monoisotopic (exact) mass is 676 g/mol. The smallest absolute Gasteiger partial charge is 0.354 e. The van der Waals surface area contributed by atoms with Crippen LogP contribution in [0, 0.1) is 0 Å². The highest BCUT2D eigenvalue weighted by Gasteiger charge is 2.59. The first kappa shape index (κ1) is 37.1. The first-order chi connectivity index (χ1) is 22.1. The van der Waals surface area contributed by atoms with E-state index in [1.54, 1.807) is 12.1 Å². The molecule has 2 unspecified atom stereocenters. The first-order valence-electron chi connectivity index (χ1n) is 14.3. The molecule has 0 fully saturated rings. The van der Waals surface area contributed by atoms with Gasteiger partial charge in [0, 0.05) is 38.0 Å². The number of aryl methyl sites for hydroxylation is 2. The minimum Gasteiger partial charge on any atom is -0.357 e. The van der Waals surface area contributed by atoms with Gasteiger partial charge in [0.15, 0.2) is 0 Å². The maximum Gasteiger partial charge on any atom is 0.354 e. The largest absolute Gasteiger partial charge is 0.357 e. The normalized spacial score (nSPS) is 15.9. The Kier molecular flexibility index (Phi) is 10.0. The molecule has 10 N–H and O–H groups in total. The van der Waals surface area contributed by atoms with Gasteiger partial charge in [-0.2, -0.15) is 10.2 Å². The fourth-order valence-corrected chi connectivity index (χ4v) is 4.92. The molecule has 262 valence electrons. The second-order valence-corrected chi connectivity index (χ2v) is 11.4. The lowest BCUT2D eigenvalue weighted by Gasteiger charge is -2.43. The Morgan fingerprint density at radius 2 is 1.08 bits per heavy atom. The Balaban J connectivity index is 1.68. The van der Waals surface area contributed by atoms with Gasteiger partial charge in [0.1, 0.15) is 11.4 Å². The quantitative estimate of drug-likeness (QED) is 0.0590. The van der Waals surface area contributed by atoms with Crippen LogP contribution in [0.4, 0.5) is 0 Å². The number of aliphatic hydroxyl groups is 10. The molecule has 4 aromatic rings. The van der Waals surface area contributed by atoms with E-state index >= 15 is 0 Å². The van der Waals surface area contributed by atoms with Crippen LogP contribution in [-0.4, -0.2) is 125 Å². The van der Waals surface area contributed by atoms with E-state index in [0.717, 1.165) is 31.9 Å². The van der Waals surface area contributed by atoms with Gasteiger partial charge in [-0.3, -0.25) is 23.7 Å². The molecule has 0 aliphatic carbocycles. The highest BCUT2D eigenvalue weighted by atomic mass is 16.8. The SMILES string of the molecule is CN(C)C(O)(O)C(O)(O)OC(O)(c1ccccc1)c1cc(CN(C)C(O)(O)C(O)(O)OC(O)(c2ccccc2)c2ccnn2C)nn1C. The summed E-state index contributed by atoms with van der Waals surface area (Å²) < 4.78 is 12.7. The van der Waals surface area contributed by atoms with Crippen LogP contribution in [0.25, 0.3) is 0 Å². The number of hydrogen-bond donors (Lipinski definition) is 10. The molecule has 2 heterocycles. The van der Waals surface area contributed by atoms with Gasteiger partial charge in [-0.1, -0.05) is 60.7 Å². The van der Waals surface area contributed by atoms with Crippen molar-refractivity contribution < 1.29 is 60.5 Å². The fraction of sp³-hybridized carbons (Fsp3) is 0.400.